The third-order valence-electron chi connectivity index (χ3n) is 4.70. The second-order valence-corrected chi connectivity index (χ2v) is 6.24. The Kier molecular flexibility index (Phi) is 3.32. The fourth-order valence-corrected chi connectivity index (χ4v) is 3.72. The maximum absolute atomic E-state index is 11.6. The van der Waals surface area contributed by atoms with E-state index in [-0.39, 0.29) is 6.61 Å². The molecular formula is C15H16ClNO4. The first kappa shape index (κ1) is 14.2. The van der Waals surface area contributed by atoms with Crippen LogP contribution in [0.4, 0.5) is 4.79 Å². The van der Waals surface area contributed by atoms with Crippen molar-refractivity contribution in [3.63, 3.8) is 0 Å². The van der Waals surface area contributed by atoms with Gasteiger partial charge in [-0.2, -0.15) is 0 Å². The highest BCUT2D eigenvalue weighted by Gasteiger charge is 2.63. The van der Waals surface area contributed by atoms with Crippen LogP contribution in [0.2, 0.25) is 5.02 Å². The molecule has 5 nitrogen and oxygen atoms in total. The number of ether oxygens (including phenoxy) is 1. The van der Waals surface area contributed by atoms with Gasteiger partial charge >= 0.3 is 6.09 Å². The van der Waals surface area contributed by atoms with Gasteiger partial charge in [0.2, 0.25) is 0 Å². The molecular weight excluding hydrogens is 294 g/mol. The predicted octanol–water partition coefficient (Wildman–Crippen LogP) is 2.96. The van der Waals surface area contributed by atoms with Gasteiger partial charge in [-0.25, -0.2) is 4.79 Å². The summed E-state index contributed by atoms with van der Waals surface area (Å²) in [6.45, 7) is 0.260. The summed E-state index contributed by atoms with van der Waals surface area (Å²) in [4.78, 5) is 24.3. The molecule has 21 heavy (non-hydrogen) atoms. The number of fused-ring (bicyclic) bond motifs is 2. The minimum atomic E-state index is -1.04. The van der Waals surface area contributed by atoms with Crippen molar-refractivity contribution in [2.45, 2.75) is 36.8 Å². The van der Waals surface area contributed by atoms with Crippen molar-refractivity contribution in [3.05, 3.63) is 29.3 Å². The average molecular weight is 310 g/mol. The highest BCUT2D eigenvalue weighted by atomic mass is 35.5. The van der Waals surface area contributed by atoms with Gasteiger partial charge < -0.3 is 14.6 Å². The molecule has 0 atom stereocenters. The van der Waals surface area contributed by atoms with Crippen LogP contribution in [0.25, 0.3) is 0 Å². The van der Waals surface area contributed by atoms with E-state index in [1.165, 1.54) is 4.90 Å². The van der Waals surface area contributed by atoms with Crippen LogP contribution in [0.5, 0.6) is 5.75 Å². The summed E-state index contributed by atoms with van der Waals surface area (Å²) in [7, 11) is 0. The van der Waals surface area contributed by atoms with E-state index in [0.29, 0.717) is 36.5 Å². The number of carbonyl (C=O) groups excluding carboxylic acids is 1. The Hall–Kier alpha value is -1.75. The number of benzene rings is 1. The number of rotatable bonds is 4. The molecule has 0 saturated carbocycles. The zero-order valence-corrected chi connectivity index (χ0v) is 12.2. The maximum atomic E-state index is 11.6. The van der Waals surface area contributed by atoms with Gasteiger partial charge in [0.15, 0.2) is 0 Å². The van der Waals surface area contributed by atoms with Gasteiger partial charge in [-0.05, 0) is 49.9 Å². The van der Waals surface area contributed by atoms with Gasteiger partial charge in [0.25, 0.3) is 0 Å². The van der Waals surface area contributed by atoms with Crippen LogP contribution in [0, 0.1) is 0 Å². The van der Waals surface area contributed by atoms with E-state index in [2.05, 4.69) is 0 Å². The lowest BCUT2D eigenvalue weighted by Gasteiger charge is -2.34. The first-order valence-corrected chi connectivity index (χ1v) is 7.27. The molecule has 2 bridgehead atoms. The quantitative estimate of drug-likeness (QED) is 0.868. The number of nitrogens with zero attached hydrogens (tertiary/aromatic N) is 1. The van der Waals surface area contributed by atoms with Crippen LogP contribution < -0.4 is 4.74 Å². The number of aldehydes is 1. The van der Waals surface area contributed by atoms with Crippen LogP contribution in [0.15, 0.2) is 24.3 Å². The van der Waals surface area contributed by atoms with Gasteiger partial charge in [0, 0.05) is 5.02 Å². The van der Waals surface area contributed by atoms with E-state index in [9.17, 15) is 14.7 Å². The van der Waals surface area contributed by atoms with Gasteiger partial charge in [0.05, 0.1) is 5.54 Å². The Morgan fingerprint density at radius 3 is 2.43 bits per heavy atom. The Morgan fingerprint density at radius 1 is 1.29 bits per heavy atom. The monoisotopic (exact) mass is 309 g/mol. The fourth-order valence-electron chi connectivity index (χ4n) is 3.59. The van der Waals surface area contributed by atoms with Crippen molar-refractivity contribution in [1.82, 2.24) is 4.90 Å². The van der Waals surface area contributed by atoms with E-state index >= 15 is 0 Å². The Balaban J connectivity index is 1.79. The summed E-state index contributed by atoms with van der Waals surface area (Å²) < 4.78 is 5.76. The molecule has 0 aliphatic carbocycles. The zero-order valence-electron chi connectivity index (χ0n) is 11.4. The Labute approximate surface area is 127 Å². The van der Waals surface area contributed by atoms with Crippen molar-refractivity contribution in [2.24, 2.45) is 0 Å². The van der Waals surface area contributed by atoms with Crippen molar-refractivity contribution in [2.75, 3.05) is 6.61 Å². The normalized spacial score (nSPS) is 30.4. The summed E-state index contributed by atoms with van der Waals surface area (Å²) in [6, 6.07) is 6.95. The lowest BCUT2D eigenvalue weighted by Crippen LogP contribution is -2.53. The molecule has 1 aromatic rings. The van der Waals surface area contributed by atoms with Gasteiger partial charge in [-0.15, -0.1) is 0 Å². The molecule has 2 aliphatic rings. The summed E-state index contributed by atoms with van der Waals surface area (Å²) >= 11 is 5.82. The maximum Gasteiger partial charge on any atom is 0.408 e. The highest BCUT2D eigenvalue weighted by molar-refractivity contribution is 6.30. The van der Waals surface area contributed by atoms with Crippen molar-refractivity contribution in [3.8, 4) is 5.75 Å². The molecule has 1 amide bonds. The standard InChI is InChI=1S/C15H16ClNO4/c16-11-1-3-12(4-2-11)21-10-15-7-5-14(9-18,6-8-15)17(15)13(19)20/h1-4,9H,5-8,10H2,(H,19,20). The van der Waals surface area contributed by atoms with Crippen molar-refractivity contribution < 1.29 is 19.4 Å². The number of carbonyl (C=O) groups is 2. The molecule has 2 aliphatic heterocycles. The molecule has 1 N–H and O–H groups in total. The molecule has 2 saturated heterocycles. The molecule has 2 heterocycles. The smallest absolute Gasteiger partial charge is 0.408 e. The number of halogens is 1. The van der Waals surface area contributed by atoms with Crippen LogP contribution in [0.1, 0.15) is 25.7 Å². The first-order valence-electron chi connectivity index (χ1n) is 6.89. The lowest BCUT2D eigenvalue weighted by atomic mass is 9.83. The SMILES string of the molecule is O=CC12CCC(COc3ccc(Cl)cc3)(CC1)N2C(=O)O. The van der Waals surface area contributed by atoms with Gasteiger partial charge in [0.1, 0.15) is 24.2 Å². The molecule has 0 spiro atoms. The largest absolute Gasteiger partial charge is 0.491 e. The van der Waals surface area contributed by atoms with Crippen LogP contribution in [-0.4, -0.2) is 40.1 Å². The van der Waals surface area contributed by atoms with Crippen LogP contribution >= 0.6 is 11.6 Å². The number of hydrogen-bond donors (Lipinski definition) is 1. The molecule has 0 unspecified atom stereocenters. The molecule has 3 rings (SSSR count). The van der Waals surface area contributed by atoms with E-state index in [0.717, 1.165) is 6.29 Å². The molecule has 2 fully saturated rings. The average Bonchev–Trinajstić information content (AvgIpc) is 2.98. The van der Waals surface area contributed by atoms with E-state index in [1.807, 2.05) is 0 Å². The number of amides is 1. The van der Waals surface area contributed by atoms with Crippen molar-refractivity contribution in [1.29, 1.82) is 0 Å². The molecule has 0 radical (unpaired) electrons. The summed E-state index contributed by atoms with van der Waals surface area (Å²) in [5.74, 6) is 0.648. The lowest BCUT2D eigenvalue weighted by molar-refractivity contribution is -0.116. The van der Waals surface area contributed by atoms with E-state index < -0.39 is 17.2 Å². The fraction of sp³-hybridized carbons (Fsp3) is 0.467. The van der Waals surface area contributed by atoms with E-state index in [4.69, 9.17) is 16.3 Å². The summed E-state index contributed by atoms with van der Waals surface area (Å²) in [5.41, 5.74) is -1.44. The van der Waals surface area contributed by atoms with Gasteiger partial charge in [-0.1, -0.05) is 11.6 Å². The minimum absolute atomic E-state index is 0.260. The summed E-state index contributed by atoms with van der Waals surface area (Å²) in [6.07, 6.45) is 2.21. The van der Waals surface area contributed by atoms with E-state index in [1.54, 1.807) is 24.3 Å². The van der Waals surface area contributed by atoms with Crippen molar-refractivity contribution >= 4 is 24.0 Å². The second kappa shape index (κ2) is 4.91. The zero-order chi connectivity index (χ0) is 15.1. The third kappa shape index (κ3) is 2.16. The molecule has 1 aromatic carbocycles. The Bertz CT molecular complexity index is 564. The highest BCUT2D eigenvalue weighted by Crippen LogP contribution is 2.52. The van der Waals surface area contributed by atoms with Gasteiger partial charge in [-0.3, -0.25) is 4.90 Å². The first-order chi connectivity index (χ1) is 10.0. The number of carboxylic acid groups (broad SMARTS) is 1. The predicted molar refractivity (Wildman–Crippen MR) is 76.8 cm³/mol. The minimum Gasteiger partial charge on any atom is -0.491 e. The van der Waals surface area contributed by atoms with Crippen LogP contribution in [0.3, 0.4) is 0 Å². The number of hydrogen-bond acceptors (Lipinski definition) is 3. The Morgan fingerprint density at radius 2 is 1.90 bits per heavy atom. The molecule has 6 heteroatoms. The second-order valence-electron chi connectivity index (χ2n) is 5.81. The molecule has 0 aromatic heterocycles. The topological polar surface area (TPSA) is 66.8 Å². The summed E-state index contributed by atoms with van der Waals surface area (Å²) in [5, 5.41) is 10.1. The molecule has 112 valence electrons. The third-order valence-corrected chi connectivity index (χ3v) is 4.95. The van der Waals surface area contributed by atoms with Crippen LogP contribution in [-0.2, 0) is 4.79 Å².